The number of guanidine groups is 1. The molecule has 120 valence electrons. The van der Waals surface area contributed by atoms with Crippen molar-refractivity contribution < 1.29 is 0 Å². The average molecular weight is 335 g/mol. The van der Waals surface area contributed by atoms with Crippen molar-refractivity contribution in [3.63, 3.8) is 0 Å². The van der Waals surface area contributed by atoms with Crippen molar-refractivity contribution in [1.29, 1.82) is 5.26 Å². The van der Waals surface area contributed by atoms with Crippen LogP contribution < -0.4 is 5.73 Å². The van der Waals surface area contributed by atoms with Gasteiger partial charge in [-0.1, -0.05) is 18.2 Å². The van der Waals surface area contributed by atoms with E-state index in [4.69, 9.17) is 11.0 Å². The molecule has 3 aliphatic rings. The molecule has 0 spiro atoms. The van der Waals surface area contributed by atoms with E-state index in [1.807, 2.05) is 29.2 Å². The lowest BCUT2D eigenvalue weighted by Crippen LogP contribution is -2.45. The minimum atomic E-state index is 0.0634. The van der Waals surface area contributed by atoms with Gasteiger partial charge in [0.05, 0.1) is 24.2 Å². The van der Waals surface area contributed by atoms with Gasteiger partial charge in [0, 0.05) is 18.7 Å². The van der Waals surface area contributed by atoms with Crippen LogP contribution in [0.15, 0.2) is 51.3 Å². The highest BCUT2D eigenvalue weighted by molar-refractivity contribution is 8.02. The predicted octanol–water partition coefficient (Wildman–Crippen LogP) is 2.37. The van der Waals surface area contributed by atoms with E-state index in [1.165, 1.54) is 5.57 Å². The molecule has 0 saturated carbocycles. The Morgan fingerprint density at radius 3 is 3.17 bits per heavy atom. The number of allylic oxidation sites excluding steroid dienone is 2. The van der Waals surface area contributed by atoms with Crippen LogP contribution in [0.2, 0.25) is 0 Å². The molecule has 0 amide bonds. The van der Waals surface area contributed by atoms with E-state index in [1.54, 1.807) is 11.8 Å². The minimum Gasteiger partial charge on any atom is -0.369 e. The van der Waals surface area contributed by atoms with Gasteiger partial charge < -0.3 is 5.73 Å². The number of fused-ring (bicyclic) bond motifs is 1. The van der Waals surface area contributed by atoms with Crippen LogP contribution in [-0.2, 0) is 0 Å². The molecule has 1 unspecified atom stereocenters. The maximum Gasteiger partial charge on any atom is 0.197 e. The largest absolute Gasteiger partial charge is 0.369 e. The maximum absolute atomic E-state index is 9.09. The second kappa shape index (κ2) is 6.17. The van der Waals surface area contributed by atoms with Gasteiger partial charge in [0.15, 0.2) is 5.96 Å². The zero-order valence-corrected chi connectivity index (χ0v) is 14.0. The first-order valence-electron chi connectivity index (χ1n) is 7.91. The molecule has 1 aromatic carbocycles. The van der Waals surface area contributed by atoms with Gasteiger partial charge in [0.1, 0.15) is 5.84 Å². The fourth-order valence-corrected chi connectivity index (χ4v) is 4.13. The van der Waals surface area contributed by atoms with E-state index in [9.17, 15) is 0 Å². The average Bonchev–Trinajstić information content (AvgIpc) is 3.11. The normalized spacial score (nSPS) is 22.8. The van der Waals surface area contributed by atoms with Gasteiger partial charge >= 0.3 is 0 Å². The van der Waals surface area contributed by atoms with E-state index in [-0.39, 0.29) is 6.04 Å². The van der Waals surface area contributed by atoms with Crippen molar-refractivity contribution in [2.45, 2.75) is 12.5 Å². The zero-order valence-electron chi connectivity index (χ0n) is 13.1. The Balaban J connectivity index is 1.64. The Hall–Kier alpha value is -2.52. The molecular formula is C18H17N5S. The molecular weight excluding hydrogens is 318 g/mol. The summed E-state index contributed by atoms with van der Waals surface area (Å²) in [5, 5.41) is 11.2. The smallest absolute Gasteiger partial charge is 0.197 e. The molecule has 0 saturated heterocycles. The molecule has 1 aromatic rings. The Morgan fingerprint density at radius 2 is 2.29 bits per heavy atom. The molecule has 0 aromatic heterocycles. The summed E-state index contributed by atoms with van der Waals surface area (Å²) in [6.07, 6.45) is 3.01. The molecule has 3 heterocycles. The molecule has 0 radical (unpaired) electrons. The number of nitriles is 1. The van der Waals surface area contributed by atoms with E-state index in [0.717, 1.165) is 42.2 Å². The topological polar surface area (TPSA) is 77.8 Å². The second-order valence-electron chi connectivity index (χ2n) is 5.95. The summed E-state index contributed by atoms with van der Waals surface area (Å²) in [4.78, 5) is 11.3. The summed E-state index contributed by atoms with van der Waals surface area (Å²) in [6, 6.07) is 9.96. The SMILES string of the molecule is N#Cc1cccc(C2=CSCC(C3CC4=NCCN4C(N)=N3)=C2)c1. The molecule has 2 N–H and O–H groups in total. The minimum absolute atomic E-state index is 0.0634. The molecule has 0 fully saturated rings. The molecule has 1 atom stereocenters. The summed E-state index contributed by atoms with van der Waals surface area (Å²) < 4.78 is 0. The third-order valence-corrected chi connectivity index (χ3v) is 5.34. The predicted molar refractivity (Wildman–Crippen MR) is 98.7 cm³/mol. The Morgan fingerprint density at radius 1 is 1.38 bits per heavy atom. The van der Waals surface area contributed by atoms with Crippen LogP contribution in [0, 0.1) is 11.3 Å². The van der Waals surface area contributed by atoms with Gasteiger partial charge in [-0.3, -0.25) is 9.89 Å². The van der Waals surface area contributed by atoms with E-state index in [0.29, 0.717) is 11.5 Å². The first-order valence-corrected chi connectivity index (χ1v) is 8.96. The highest BCUT2D eigenvalue weighted by atomic mass is 32.2. The lowest BCUT2D eigenvalue weighted by molar-refractivity contribution is 0.594. The maximum atomic E-state index is 9.09. The standard InChI is InChI=1S/C18H17N5S/c19-9-12-2-1-3-13(6-12)14-7-15(11-24-10-14)16-8-17-21-4-5-23(17)18(20)22-16/h1-3,6-7,10,16H,4-5,8,11H2,(H2,20,22). The van der Waals surface area contributed by atoms with Gasteiger partial charge in [-0.25, -0.2) is 4.99 Å². The fraction of sp³-hybridized carbons (Fsp3) is 0.278. The number of hydrogen-bond acceptors (Lipinski definition) is 6. The molecule has 5 nitrogen and oxygen atoms in total. The number of thioether (sulfide) groups is 1. The lowest BCUT2D eigenvalue weighted by Gasteiger charge is -2.30. The van der Waals surface area contributed by atoms with Crippen molar-refractivity contribution in [3.8, 4) is 6.07 Å². The number of nitrogens with two attached hydrogens (primary N) is 1. The molecule has 6 heteroatoms. The Bertz CT molecular complexity index is 843. The first kappa shape index (κ1) is 15.0. The second-order valence-corrected chi connectivity index (χ2v) is 6.81. The molecule has 0 aliphatic carbocycles. The number of amidine groups is 1. The first-order chi connectivity index (χ1) is 11.7. The number of nitrogens with zero attached hydrogens (tertiary/aromatic N) is 4. The number of benzene rings is 1. The fourth-order valence-electron chi connectivity index (χ4n) is 3.19. The van der Waals surface area contributed by atoms with Crippen molar-refractivity contribution in [2.75, 3.05) is 18.8 Å². The van der Waals surface area contributed by atoms with Gasteiger partial charge in [0.2, 0.25) is 0 Å². The van der Waals surface area contributed by atoms with Crippen LogP contribution in [-0.4, -0.2) is 41.6 Å². The lowest BCUT2D eigenvalue weighted by atomic mass is 9.97. The van der Waals surface area contributed by atoms with Gasteiger partial charge in [-0.15, -0.1) is 11.8 Å². The summed E-state index contributed by atoms with van der Waals surface area (Å²) >= 11 is 1.76. The summed E-state index contributed by atoms with van der Waals surface area (Å²) in [5.74, 6) is 2.55. The molecule has 24 heavy (non-hydrogen) atoms. The Kier molecular flexibility index (Phi) is 3.87. The highest BCUT2D eigenvalue weighted by Gasteiger charge is 2.30. The van der Waals surface area contributed by atoms with Crippen LogP contribution in [0.5, 0.6) is 0 Å². The van der Waals surface area contributed by atoms with Crippen molar-refractivity contribution in [1.82, 2.24) is 4.90 Å². The summed E-state index contributed by atoms with van der Waals surface area (Å²) in [6.45, 7) is 1.65. The third-order valence-electron chi connectivity index (χ3n) is 4.42. The van der Waals surface area contributed by atoms with Gasteiger partial charge in [0.25, 0.3) is 0 Å². The third kappa shape index (κ3) is 2.72. The molecule has 4 rings (SSSR count). The van der Waals surface area contributed by atoms with Crippen LogP contribution in [0.1, 0.15) is 17.5 Å². The summed E-state index contributed by atoms with van der Waals surface area (Å²) in [5.41, 5.74) is 10.2. The van der Waals surface area contributed by atoms with Crippen LogP contribution in [0.4, 0.5) is 0 Å². The highest BCUT2D eigenvalue weighted by Crippen LogP contribution is 2.32. The Labute approximate surface area is 145 Å². The number of rotatable bonds is 2. The van der Waals surface area contributed by atoms with E-state index < -0.39 is 0 Å². The molecule has 3 aliphatic heterocycles. The van der Waals surface area contributed by atoms with Crippen LogP contribution in [0.25, 0.3) is 5.57 Å². The van der Waals surface area contributed by atoms with Crippen molar-refractivity contribution in [2.24, 2.45) is 15.7 Å². The quantitative estimate of drug-likeness (QED) is 0.900. The van der Waals surface area contributed by atoms with Gasteiger partial charge in [-0.05, 0) is 34.3 Å². The van der Waals surface area contributed by atoms with E-state index >= 15 is 0 Å². The number of aliphatic imine (C=N–C) groups is 2. The van der Waals surface area contributed by atoms with Crippen molar-refractivity contribution in [3.05, 3.63) is 52.4 Å². The van der Waals surface area contributed by atoms with Gasteiger partial charge in [-0.2, -0.15) is 5.26 Å². The summed E-state index contributed by atoms with van der Waals surface area (Å²) in [7, 11) is 0. The van der Waals surface area contributed by atoms with Crippen LogP contribution in [0.3, 0.4) is 0 Å². The van der Waals surface area contributed by atoms with E-state index in [2.05, 4.69) is 27.5 Å². The zero-order chi connectivity index (χ0) is 16.5. The van der Waals surface area contributed by atoms with Crippen LogP contribution >= 0.6 is 11.8 Å². The monoisotopic (exact) mass is 335 g/mol. The molecule has 0 bridgehead atoms. The number of hydrogen-bond donors (Lipinski definition) is 1. The van der Waals surface area contributed by atoms with Crippen molar-refractivity contribution >= 4 is 29.1 Å².